The molecule has 8 heavy (non-hydrogen) atoms. The summed E-state index contributed by atoms with van der Waals surface area (Å²) in [5.74, 6) is -0.156. The van der Waals surface area contributed by atoms with Crippen LogP contribution in [0.2, 0.25) is 0 Å². The molecule has 0 N–H and O–H groups in total. The molecule has 46 valence electrons. The lowest BCUT2D eigenvalue weighted by molar-refractivity contribution is -0.157. The van der Waals surface area contributed by atoms with Crippen molar-refractivity contribution < 1.29 is 14.3 Å². The number of methoxy groups -OCH3 is 1. The molecule has 1 aliphatic rings. The molecule has 0 radical (unpaired) electrons. The van der Waals surface area contributed by atoms with Gasteiger partial charge in [-0.1, -0.05) is 0 Å². The molecule has 0 saturated carbocycles. The highest BCUT2D eigenvalue weighted by Crippen LogP contribution is 2.12. The van der Waals surface area contributed by atoms with E-state index < -0.39 is 0 Å². The Morgan fingerprint density at radius 1 is 1.88 bits per heavy atom. The van der Waals surface area contributed by atoms with Crippen LogP contribution in [0.4, 0.5) is 0 Å². The fourth-order valence-electron chi connectivity index (χ4n) is 0.666. The number of esters is 1. The molecule has 1 unspecified atom stereocenters. The van der Waals surface area contributed by atoms with Gasteiger partial charge in [-0.25, -0.2) is 0 Å². The van der Waals surface area contributed by atoms with Gasteiger partial charge in [0, 0.05) is 13.5 Å². The third-order valence-corrected chi connectivity index (χ3v) is 1.11. The Bertz CT molecular complexity index is 99.8. The van der Waals surface area contributed by atoms with Crippen molar-refractivity contribution in [2.75, 3.05) is 7.11 Å². The maximum Gasteiger partial charge on any atom is 0.308 e. The quantitative estimate of drug-likeness (QED) is 0.462. The van der Waals surface area contributed by atoms with Crippen molar-refractivity contribution in [1.29, 1.82) is 0 Å². The van der Waals surface area contributed by atoms with E-state index in [1.165, 1.54) is 7.11 Å². The average molecular weight is 116 g/mol. The molecule has 1 fully saturated rings. The van der Waals surface area contributed by atoms with E-state index in [0.717, 1.165) is 0 Å². The Kier molecular flexibility index (Phi) is 1.48. The van der Waals surface area contributed by atoms with Gasteiger partial charge in [-0.15, -0.1) is 0 Å². The summed E-state index contributed by atoms with van der Waals surface area (Å²) < 4.78 is 9.39. The molecule has 3 heteroatoms. The molecule has 0 aliphatic carbocycles. The highest BCUT2D eigenvalue weighted by atomic mass is 16.7. The van der Waals surface area contributed by atoms with Gasteiger partial charge in [0.05, 0.1) is 6.42 Å². The van der Waals surface area contributed by atoms with E-state index in [0.29, 0.717) is 12.8 Å². The molecule has 3 nitrogen and oxygen atoms in total. The van der Waals surface area contributed by atoms with E-state index in [4.69, 9.17) is 4.74 Å². The van der Waals surface area contributed by atoms with Crippen LogP contribution in [0.5, 0.6) is 0 Å². The number of rotatable bonds is 1. The summed E-state index contributed by atoms with van der Waals surface area (Å²) in [5.41, 5.74) is 0. The van der Waals surface area contributed by atoms with Gasteiger partial charge in [0.2, 0.25) is 6.29 Å². The van der Waals surface area contributed by atoms with E-state index in [1.807, 2.05) is 0 Å². The van der Waals surface area contributed by atoms with Crippen molar-refractivity contribution >= 4 is 5.97 Å². The summed E-state index contributed by atoms with van der Waals surface area (Å²) in [4.78, 5) is 10.3. The lowest BCUT2D eigenvalue weighted by Crippen LogP contribution is -2.07. The molecule has 1 atom stereocenters. The average Bonchev–Trinajstić information content (AvgIpc) is 2.14. The topological polar surface area (TPSA) is 35.5 Å². The lowest BCUT2D eigenvalue weighted by atomic mass is 10.4. The van der Waals surface area contributed by atoms with Crippen LogP contribution in [0.15, 0.2) is 0 Å². The Balaban J connectivity index is 2.32. The fourth-order valence-corrected chi connectivity index (χ4v) is 0.666. The number of hydrogen-bond acceptors (Lipinski definition) is 3. The maximum atomic E-state index is 10.3. The second-order valence-electron chi connectivity index (χ2n) is 1.69. The standard InChI is InChI=1S/C5H8O3/c1-7-5-3-2-4(6)8-5/h5H,2-3H2,1H3. The van der Waals surface area contributed by atoms with Crippen LogP contribution in [0.25, 0.3) is 0 Å². The van der Waals surface area contributed by atoms with Crippen LogP contribution < -0.4 is 0 Å². The SMILES string of the molecule is COC1CCC(=O)O1. The third-order valence-electron chi connectivity index (χ3n) is 1.11. The minimum atomic E-state index is -0.275. The smallest absolute Gasteiger partial charge is 0.308 e. The Morgan fingerprint density at radius 3 is 2.88 bits per heavy atom. The molecule has 0 aromatic carbocycles. The summed E-state index contributed by atoms with van der Waals surface area (Å²) in [7, 11) is 1.53. The molecular formula is C5H8O3. The second-order valence-corrected chi connectivity index (χ2v) is 1.69. The van der Waals surface area contributed by atoms with Crippen LogP contribution in [-0.2, 0) is 14.3 Å². The highest BCUT2D eigenvalue weighted by molar-refractivity contribution is 5.71. The summed E-state index contributed by atoms with van der Waals surface area (Å²) in [5, 5.41) is 0. The zero-order valence-corrected chi connectivity index (χ0v) is 4.72. The summed E-state index contributed by atoms with van der Waals surface area (Å²) in [6.45, 7) is 0. The first-order valence-corrected chi connectivity index (χ1v) is 2.55. The summed E-state index contributed by atoms with van der Waals surface area (Å²) >= 11 is 0. The number of ether oxygens (including phenoxy) is 2. The number of carbonyl (C=O) groups excluding carboxylic acids is 1. The van der Waals surface area contributed by atoms with Crippen LogP contribution in [0, 0.1) is 0 Å². The highest BCUT2D eigenvalue weighted by Gasteiger charge is 2.21. The van der Waals surface area contributed by atoms with Crippen molar-refractivity contribution in [2.24, 2.45) is 0 Å². The van der Waals surface area contributed by atoms with Crippen molar-refractivity contribution in [1.82, 2.24) is 0 Å². The Morgan fingerprint density at radius 2 is 2.62 bits per heavy atom. The second kappa shape index (κ2) is 2.13. The number of hydrogen-bond donors (Lipinski definition) is 0. The van der Waals surface area contributed by atoms with Gasteiger partial charge in [-0.05, 0) is 0 Å². The fraction of sp³-hybridized carbons (Fsp3) is 0.800. The van der Waals surface area contributed by atoms with E-state index in [9.17, 15) is 4.79 Å². The molecule has 1 heterocycles. The first-order valence-electron chi connectivity index (χ1n) is 2.55. The molecule has 1 aliphatic heterocycles. The molecule has 1 rings (SSSR count). The van der Waals surface area contributed by atoms with Crippen LogP contribution in [0.1, 0.15) is 12.8 Å². The zero-order chi connectivity index (χ0) is 5.98. The van der Waals surface area contributed by atoms with E-state index in [-0.39, 0.29) is 12.3 Å². The molecule has 0 amide bonds. The Labute approximate surface area is 47.6 Å². The van der Waals surface area contributed by atoms with Gasteiger partial charge in [0.25, 0.3) is 0 Å². The minimum absolute atomic E-state index is 0.156. The van der Waals surface area contributed by atoms with Crippen LogP contribution in [-0.4, -0.2) is 19.4 Å². The Hall–Kier alpha value is -0.570. The zero-order valence-electron chi connectivity index (χ0n) is 4.72. The molecule has 1 saturated heterocycles. The van der Waals surface area contributed by atoms with Gasteiger partial charge >= 0.3 is 5.97 Å². The van der Waals surface area contributed by atoms with Gasteiger partial charge < -0.3 is 9.47 Å². The van der Waals surface area contributed by atoms with E-state index >= 15 is 0 Å². The lowest BCUT2D eigenvalue weighted by Gasteiger charge is -2.03. The predicted molar refractivity (Wildman–Crippen MR) is 26.1 cm³/mol. The van der Waals surface area contributed by atoms with Crippen molar-refractivity contribution in [3.63, 3.8) is 0 Å². The molecule has 0 aromatic heterocycles. The minimum Gasteiger partial charge on any atom is -0.436 e. The van der Waals surface area contributed by atoms with Crippen molar-refractivity contribution in [3.05, 3.63) is 0 Å². The van der Waals surface area contributed by atoms with Crippen LogP contribution >= 0.6 is 0 Å². The summed E-state index contributed by atoms with van der Waals surface area (Å²) in [6, 6.07) is 0. The van der Waals surface area contributed by atoms with Crippen molar-refractivity contribution in [2.45, 2.75) is 19.1 Å². The third kappa shape index (κ3) is 0.980. The van der Waals surface area contributed by atoms with Gasteiger partial charge in [-0.3, -0.25) is 4.79 Å². The van der Waals surface area contributed by atoms with Crippen molar-refractivity contribution in [3.8, 4) is 0 Å². The van der Waals surface area contributed by atoms with Gasteiger partial charge in [-0.2, -0.15) is 0 Å². The first kappa shape index (κ1) is 5.56. The molecular weight excluding hydrogens is 108 g/mol. The molecule has 0 bridgehead atoms. The number of cyclic esters (lactones) is 1. The van der Waals surface area contributed by atoms with E-state index in [2.05, 4.69) is 4.74 Å². The largest absolute Gasteiger partial charge is 0.436 e. The molecule has 0 aromatic rings. The monoisotopic (exact) mass is 116 g/mol. The number of carbonyl (C=O) groups is 1. The molecule has 0 spiro atoms. The summed E-state index contributed by atoms with van der Waals surface area (Å²) in [6.07, 6.45) is 0.927. The van der Waals surface area contributed by atoms with Gasteiger partial charge in [0.1, 0.15) is 0 Å². The van der Waals surface area contributed by atoms with Gasteiger partial charge in [0.15, 0.2) is 0 Å². The predicted octanol–water partition coefficient (Wildman–Crippen LogP) is 0.296. The maximum absolute atomic E-state index is 10.3. The normalized spacial score (nSPS) is 28.1. The van der Waals surface area contributed by atoms with E-state index in [1.54, 1.807) is 0 Å². The van der Waals surface area contributed by atoms with Crippen LogP contribution in [0.3, 0.4) is 0 Å². The first-order chi connectivity index (χ1) is 3.83.